The van der Waals surface area contributed by atoms with Gasteiger partial charge < -0.3 is 10.4 Å². The Morgan fingerprint density at radius 2 is 1.48 bits per heavy atom. The van der Waals surface area contributed by atoms with Crippen LogP contribution in [0, 0.1) is 0 Å². The predicted molar refractivity (Wildman–Crippen MR) is 98.9 cm³/mol. The van der Waals surface area contributed by atoms with Crippen LogP contribution in [0.15, 0.2) is 12.1 Å². The number of benzene rings is 1. The van der Waals surface area contributed by atoms with Crippen molar-refractivity contribution in [1.82, 2.24) is 10.6 Å². The minimum atomic E-state index is -0.890. The molecule has 0 aliphatic carbocycles. The van der Waals surface area contributed by atoms with E-state index in [1.165, 1.54) is 0 Å². The molecule has 5 heteroatoms. The zero-order valence-corrected chi connectivity index (χ0v) is 16.3. The van der Waals surface area contributed by atoms with Gasteiger partial charge in [-0.15, -0.1) is 0 Å². The third-order valence-corrected chi connectivity index (χ3v) is 4.82. The molecule has 2 rings (SSSR count). The van der Waals surface area contributed by atoms with Crippen molar-refractivity contribution in [3.63, 3.8) is 0 Å². The molecule has 0 bridgehead atoms. The van der Waals surface area contributed by atoms with Crippen LogP contribution in [0.25, 0.3) is 0 Å². The van der Waals surface area contributed by atoms with Crippen molar-refractivity contribution in [3.05, 3.63) is 28.8 Å². The summed E-state index contributed by atoms with van der Waals surface area (Å²) in [6.07, 6.45) is 1.14. The molecule has 138 valence electrons. The van der Waals surface area contributed by atoms with Crippen LogP contribution in [-0.2, 0) is 22.0 Å². The lowest BCUT2D eigenvalue weighted by atomic mass is 9.77. The number of rotatable bonds is 3. The fraction of sp³-hybridized carbons (Fsp3) is 0.600. The number of aromatic hydroxyl groups is 1. The first-order valence-corrected chi connectivity index (χ1v) is 8.74. The predicted octanol–water partition coefficient (Wildman–Crippen LogP) is 3.52. The minimum absolute atomic E-state index is 0.192. The molecule has 1 atom stereocenters. The Hall–Kier alpha value is -2.04. The highest BCUT2D eigenvalue weighted by atomic mass is 16.3. The number of aryl methyl sites for hydroxylation is 1. The van der Waals surface area contributed by atoms with Crippen LogP contribution in [-0.4, -0.2) is 22.6 Å². The molecule has 1 aromatic carbocycles. The maximum absolute atomic E-state index is 12.0. The van der Waals surface area contributed by atoms with Crippen molar-refractivity contribution in [3.8, 4) is 5.75 Å². The number of imide groups is 1. The summed E-state index contributed by atoms with van der Waals surface area (Å²) in [5.41, 5.74) is 1.59. The van der Waals surface area contributed by atoms with Crippen LogP contribution in [0.3, 0.4) is 0 Å². The van der Waals surface area contributed by atoms with Crippen LogP contribution in [0.5, 0.6) is 5.75 Å². The fourth-order valence-electron chi connectivity index (χ4n) is 3.13. The van der Waals surface area contributed by atoms with E-state index in [0.717, 1.165) is 16.7 Å². The van der Waals surface area contributed by atoms with Crippen molar-refractivity contribution >= 4 is 11.9 Å². The summed E-state index contributed by atoms with van der Waals surface area (Å²) in [6.45, 7) is 14.2. The third-order valence-electron chi connectivity index (χ3n) is 4.82. The fourth-order valence-corrected chi connectivity index (χ4v) is 3.13. The molecular formula is C20H30N2O3. The molecule has 1 fully saturated rings. The van der Waals surface area contributed by atoms with E-state index >= 15 is 0 Å². The number of phenolic OH excluding ortho intramolecular Hbond substituents is 1. The number of hydrogen-bond donors (Lipinski definition) is 3. The van der Waals surface area contributed by atoms with Crippen LogP contribution in [0.4, 0.5) is 4.79 Å². The van der Waals surface area contributed by atoms with E-state index in [2.05, 4.69) is 52.2 Å². The van der Waals surface area contributed by atoms with Gasteiger partial charge in [-0.25, -0.2) is 4.79 Å². The van der Waals surface area contributed by atoms with Gasteiger partial charge in [0.1, 0.15) is 11.3 Å². The monoisotopic (exact) mass is 346 g/mol. The summed E-state index contributed by atoms with van der Waals surface area (Å²) < 4.78 is 0. The van der Waals surface area contributed by atoms with Gasteiger partial charge in [0.25, 0.3) is 5.91 Å². The van der Waals surface area contributed by atoms with Gasteiger partial charge in [-0.3, -0.25) is 10.1 Å². The standard InChI is InChI=1S/C20H30N2O3/c1-18(2,3)13-10-12(11-14(15(13)23)19(4,5)6)8-9-20(7)16(24)21-17(25)22-20/h10-11,23H,8-9H2,1-7H3,(H2,21,22,24,25). The molecule has 1 heterocycles. The minimum Gasteiger partial charge on any atom is -0.507 e. The summed E-state index contributed by atoms with van der Waals surface area (Å²) in [5.74, 6) is 0.0604. The van der Waals surface area contributed by atoms with E-state index in [9.17, 15) is 14.7 Å². The van der Waals surface area contributed by atoms with Crippen molar-refractivity contribution in [1.29, 1.82) is 0 Å². The quantitative estimate of drug-likeness (QED) is 0.733. The maximum Gasteiger partial charge on any atom is 0.322 e. The average molecular weight is 346 g/mol. The van der Waals surface area contributed by atoms with E-state index < -0.39 is 11.6 Å². The zero-order chi connectivity index (χ0) is 19.2. The largest absolute Gasteiger partial charge is 0.507 e. The second-order valence-corrected chi connectivity index (χ2v) is 9.28. The smallest absolute Gasteiger partial charge is 0.322 e. The lowest BCUT2D eigenvalue weighted by molar-refractivity contribution is -0.123. The number of carbonyl (C=O) groups excluding carboxylic acids is 2. The van der Waals surface area contributed by atoms with E-state index in [0.29, 0.717) is 18.6 Å². The molecule has 3 amide bonds. The first-order valence-electron chi connectivity index (χ1n) is 8.74. The molecule has 25 heavy (non-hydrogen) atoms. The summed E-state index contributed by atoms with van der Waals surface area (Å²) in [6, 6.07) is 3.59. The number of hydrogen-bond acceptors (Lipinski definition) is 3. The number of urea groups is 1. The van der Waals surface area contributed by atoms with Crippen molar-refractivity contribution in [2.75, 3.05) is 0 Å². The van der Waals surface area contributed by atoms with Crippen molar-refractivity contribution < 1.29 is 14.7 Å². The topological polar surface area (TPSA) is 78.4 Å². The van der Waals surface area contributed by atoms with Gasteiger partial charge >= 0.3 is 6.03 Å². The Morgan fingerprint density at radius 1 is 1.00 bits per heavy atom. The molecule has 1 unspecified atom stereocenters. The Morgan fingerprint density at radius 3 is 1.84 bits per heavy atom. The Bertz CT molecular complexity index is 676. The molecule has 3 N–H and O–H groups in total. The molecule has 1 aromatic rings. The van der Waals surface area contributed by atoms with Crippen LogP contribution >= 0.6 is 0 Å². The van der Waals surface area contributed by atoms with Gasteiger partial charge in [-0.05, 0) is 47.3 Å². The van der Waals surface area contributed by atoms with Gasteiger partial charge in [-0.2, -0.15) is 0 Å². The van der Waals surface area contributed by atoms with Gasteiger partial charge in [0.05, 0.1) is 0 Å². The highest BCUT2D eigenvalue weighted by Gasteiger charge is 2.41. The van der Waals surface area contributed by atoms with Gasteiger partial charge in [0.2, 0.25) is 0 Å². The van der Waals surface area contributed by atoms with Gasteiger partial charge in [-0.1, -0.05) is 53.7 Å². The number of amides is 3. The molecule has 0 aromatic heterocycles. The number of carbonyl (C=O) groups is 2. The van der Waals surface area contributed by atoms with Gasteiger partial charge in [0.15, 0.2) is 0 Å². The molecule has 1 aliphatic heterocycles. The second kappa shape index (κ2) is 6.04. The molecule has 1 saturated heterocycles. The van der Waals surface area contributed by atoms with Crippen LogP contribution in [0.1, 0.15) is 71.6 Å². The molecular weight excluding hydrogens is 316 g/mol. The highest BCUT2D eigenvalue weighted by molar-refractivity contribution is 6.06. The van der Waals surface area contributed by atoms with Gasteiger partial charge in [0, 0.05) is 0 Å². The number of phenols is 1. The Balaban J connectivity index is 2.38. The summed E-state index contributed by atoms with van der Waals surface area (Å²) in [5, 5.41) is 15.8. The summed E-state index contributed by atoms with van der Waals surface area (Å²) >= 11 is 0. The van der Waals surface area contributed by atoms with E-state index in [-0.39, 0.29) is 16.7 Å². The lowest BCUT2D eigenvalue weighted by Gasteiger charge is -2.29. The first kappa shape index (κ1) is 19.3. The third kappa shape index (κ3) is 3.97. The number of nitrogens with one attached hydrogen (secondary N) is 2. The highest BCUT2D eigenvalue weighted by Crippen LogP contribution is 2.40. The van der Waals surface area contributed by atoms with Crippen LogP contribution in [0.2, 0.25) is 0 Å². The molecule has 1 aliphatic rings. The summed E-state index contributed by atoms with van der Waals surface area (Å²) in [7, 11) is 0. The summed E-state index contributed by atoms with van der Waals surface area (Å²) in [4.78, 5) is 23.4. The van der Waals surface area contributed by atoms with Crippen molar-refractivity contribution in [2.45, 2.75) is 77.7 Å². The zero-order valence-electron chi connectivity index (χ0n) is 16.3. The lowest BCUT2D eigenvalue weighted by Crippen LogP contribution is -2.44. The molecule has 0 radical (unpaired) electrons. The molecule has 5 nitrogen and oxygen atoms in total. The Kier molecular flexibility index (Phi) is 4.66. The maximum atomic E-state index is 12.0. The van der Waals surface area contributed by atoms with E-state index in [4.69, 9.17) is 0 Å². The van der Waals surface area contributed by atoms with E-state index in [1.54, 1.807) is 6.92 Å². The Labute approximate surface area is 150 Å². The molecule has 0 saturated carbocycles. The molecule has 0 spiro atoms. The van der Waals surface area contributed by atoms with Crippen LogP contribution < -0.4 is 10.6 Å². The normalized spacial score (nSPS) is 21.2. The SMILES string of the molecule is CC1(CCc2cc(C(C)(C)C)c(O)c(C(C)(C)C)c2)NC(=O)NC1=O. The van der Waals surface area contributed by atoms with E-state index in [1.807, 2.05) is 12.1 Å². The second-order valence-electron chi connectivity index (χ2n) is 9.28. The first-order chi connectivity index (χ1) is 11.2. The average Bonchev–Trinajstić information content (AvgIpc) is 2.68. The van der Waals surface area contributed by atoms with Crippen molar-refractivity contribution in [2.24, 2.45) is 0 Å².